The Morgan fingerprint density at radius 3 is 2.84 bits per heavy atom. The highest BCUT2D eigenvalue weighted by atomic mass is 32.1. The summed E-state index contributed by atoms with van der Waals surface area (Å²) in [6.45, 7) is 1.77. The SMILES string of the molecule is C[C@@]1(O)Cc2ccsc2[C@@H]1NC(=O)c1ccccc1. The van der Waals surface area contributed by atoms with E-state index in [9.17, 15) is 9.90 Å². The number of rotatable bonds is 2. The number of fused-ring (bicyclic) bond motifs is 1. The summed E-state index contributed by atoms with van der Waals surface area (Å²) in [6, 6.07) is 10.8. The maximum absolute atomic E-state index is 12.2. The van der Waals surface area contributed by atoms with E-state index in [0.29, 0.717) is 12.0 Å². The Bertz CT molecular complexity index is 604. The summed E-state index contributed by atoms with van der Waals surface area (Å²) in [5.74, 6) is -0.146. The molecule has 2 N–H and O–H groups in total. The fourth-order valence-electron chi connectivity index (χ4n) is 2.54. The monoisotopic (exact) mass is 273 g/mol. The van der Waals surface area contributed by atoms with Crippen LogP contribution < -0.4 is 5.32 Å². The van der Waals surface area contributed by atoms with E-state index in [1.165, 1.54) is 0 Å². The quantitative estimate of drug-likeness (QED) is 0.883. The number of amides is 1. The molecule has 1 aliphatic carbocycles. The molecule has 4 heteroatoms. The van der Waals surface area contributed by atoms with Gasteiger partial charge in [0.05, 0.1) is 11.6 Å². The van der Waals surface area contributed by atoms with E-state index in [1.54, 1.807) is 30.4 Å². The summed E-state index contributed by atoms with van der Waals surface area (Å²) in [4.78, 5) is 13.3. The topological polar surface area (TPSA) is 49.3 Å². The van der Waals surface area contributed by atoms with E-state index in [4.69, 9.17) is 0 Å². The van der Waals surface area contributed by atoms with Crippen molar-refractivity contribution in [2.75, 3.05) is 0 Å². The molecule has 0 aliphatic heterocycles. The Hall–Kier alpha value is -1.65. The van der Waals surface area contributed by atoms with Crippen LogP contribution in [0, 0.1) is 0 Å². The fraction of sp³-hybridized carbons (Fsp3) is 0.267. The zero-order chi connectivity index (χ0) is 13.5. The standard InChI is InChI=1S/C15H15NO2S/c1-15(18)9-11-7-8-19-12(11)13(15)16-14(17)10-5-3-2-4-6-10/h2-8,13,18H,9H2,1H3,(H,16,17)/t13-,15+/m0/s1. The molecule has 1 amide bonds. The van der Waals surface area contributed by atoms with Gasteiger partial charge in [0.25, 0.3) is 5.91 Å². The fourth-order valence-corrected chi connectivity index (χ4v) is 3.66. The largest absolute Gasteiger partial charge is 0.387 e. The highest BCUT2D eigenvalue weighted by molar-refractivity contribution is 7.10. The van der Waals surface area contributed by atoms with Crippen molar-refractivity contribution < 1.29 is 9.90 Å². The smallest absolute Gasteiger partial charge is 0.251 e. The van der Waals surface area contributed by atoms with Crippen LogP contribution >= 0.6 is 11.3 Å². The number of hydrogen-bond donors (Lipinski definition) is 2. The number of thiophene rings is 1. The third kappa shape index (κ3) is 2.17. The molecular formula is C15H15NO2S. The molecule has 0 unspecified atom stereocenters. The Labute approximate surface area is 115 Å². The molecule has 0 radical (unpaired) electrons. The minimum atomic E-state index is -0.910. The first kappa shape index (κ1) is 12.4. The van der Waals surface area contributed by atoms with E-state index in [0.717, 1.165) is 10.4 Å². The second-order valence-corrected chi connectivity index (χ2v) is 6.06. The number of aliphatic hydroxyl groups is 1. The van der Waals surface area contributed by atoms with Crippen LogP contribution in [0.3, 0.4) is 0 Å². The lowest BCUT2D eigenvalue weighted by molar-refractivity contribution is 0.0303. The lowest BCUT2D eigenvalue weighted by atomic mass is 9.99. The van der Waals surface area contributed by atoms with Crippen LogP contribution in [-0.4, -0.2) is 16.6 Å². The molecule has 2 aromatic rings. The minimum absolute atomic E-state index is 0.146. The molecule has 0 saturated carbocycles. The van der Waals surface area contributed by atoms with Gasteiger partial charge in [-0.05, 0) is 36.1 Å². The van der Waals surface area contributed by atoms with Crippen LogP contribution in [0.1, 0.15) is 33.8 Å². The average Bonchev–Trinajstić information content (AvgIpc) is 2.91. The molecule has 3 nitrogen and oxygen atoms in total. The van der Waals surface area contributed by atoms with Gasteiger partial charge in [-0.25, -0.2) is 0 Å². The molecule has 2 atom stereocenters. The molecule has 1 aliphatic rings. The van der Waals surface area contributed by atoms with Crippen LogP contribution in [0.5, 0.6) is 0 Å². The second kappa shape index (κ2) is 4.47. The Balaban J connectivity index is 1.85. The van der Waals surface area contributed by atoms with E-state index >= 15 is 0 Å². The van der Waals surface area contributed by atoms with Crippen molar-refractivity contribution >= 4 is 17.2 Å². The summed E-state index contributed by atoms with van der Waals surface area (Å²) in [5, 5.41) is 15.4. The van der Waals surface area contributed by atoms with E-state index in [1.807, 2.05) is 29.6 Å². The van der Waals surface area contributed by atoms with Crippen molar-refractivity contribution in [3.8, 4) is 0 Å². The van der Waals surface area contributed by atoms with Crippen LogP contribution in [0.4, 0.5) is 0 Å². The second-order valence-electron chi connectivity index (χ2n) is 5.12. The van der Waals surface area contributed by atoms with Crippen LogP contribution in [-0.2, 0) is 6.42 Å². The first-order valence-electron chi connectivity index (χ1n) is 6.22. The molecule has 1 aromatic heterocycles. The van der Waals surface area contributed by atoms with Gasteiger partial charge in [-0.1, -0.05) is 18.2 Å². The van der Waals surface area contributed by atoms with Crippen molar-refractivity contribution in [1.82, 2.24) is 5.32 Å². The van der Waals surface area contributed by atoms with Gasteiger partial charge in [-0.3, -0.25) is 4.79 Å². The first-order valence-corrected chi connectivity index (χ1v) is 7.10. The van der Waals surface area contributed by atoms with Gasteiger partial charge in [0.15, 0.2) is 0 Å². The van der Waals surface area contributed by atoms with Crippen molar-refractivity contribution in [1.29, 1.82) is 0 Å². The Morgan fingerprint density at radius 2 is 2.11 bits per heavy atom. The third-order valence-corrected chi connectivity index (χ3v) is 4.55. The molecule has 0 bridgehead atoms. The molecule has 3 rings (SSSR count). The van der Waals surface area contributed by atoms with E-state index < -0.39 is 5.60 Å². The van der Waals surface area contributed by atoms with Crippen LogP contribution in [0.25, 0.3) is 0 Å². The van der Waals surface area contributed by atoms with Crippen molar-refractivity contribution in [2.45, 2.75) is 25.0 Å². The van der Waals surface area contributed by atoms with Crippen molar-refractivity contribution in [3.63, 3.8) is 0 Å². The number of carbonyl (C=O) groups is 1. The van der Waals surface area contributed by atoms with E-state index in [-0.39, 0.29) is 11.9 Å². The van der Waals surface area contributed by atoms with Gasteiger partial charge in [0.1, 0.15) is 0 Å². The van der Waals surface area contributed by atoms with Crippen molar-refractivity contribution in [2.24, 2.45) is 0 Å². The molecule has 0 saturated heterocycles. The molecule has 1 aromatic carbocycles. The van der Waals surface area contributed by atoms with Gasteiger partial charge in [-0.2, -0.15) is 0 Å². The van der Waals surface area contributed by atoms with Crippen LogP contribution in [0.2, 0.25) is 0 Å². The summed E-state index contributed by atoms with van der Waals surface area (Å²) < 4.78 is 0. The molecule has 98 valence electrons. The van der Waals surface area contributed by atoms with Gasteiger partial charge >= 0.3 is 0 Å². The highest BCUT2D eigenvalue weighted by Crippen LogP contribution is 2.42. The predicted octanol–water partition coefficient (Wildman–Crippen LogP) is 2.53. The average molecular weight is 273 g/mol. The lowest BCUT2D eigenvalue weighted by Crippen LogP contribution is -2.41. The molecular weight excluding hydrogens is 258 g/mol. The van der Waals surface area contributed by atoms with Crippen LogP contribution in [0.15, 0.2) is 41.8 Å². The summed E-state index contributed by atoms with van der Waals surface area (Å²) in [5.41, 5.74) is 0.837. The summed E-state index contributed by atoms with van der Waals surface area (Å²) >= 11 is 1.58. The zero-order valence-electron chi connectivity index (χ0n) is 10.6. The molecule has 0 fully saturated rings. The Morgan fingerprint density at radius 1 is 1.37 bits per heavy atom. The normalized spacial score (nSPS) is 25.1. The summed E-state index contributed by atoms with van der Waals surface area (Å²) in [6.07, 6.45) is 0.589. The molecule has 1 heterocycles. The number of nitrogens with one attached hydrogen (secondary N) is 1. The lowest BCUT2D eigenvalue weighted by Gasteiger charge is -2.26. The van der Waals surface area contributed by atoms with E-state index in [2.05, 4.69) is 5.32 Å². The van der Waals surface area contributed by atoms with Gasteiger partial charge in [0.2, 0.25) is 0 Å². The maximum atomic E-state index is 12.2. The zero-order valence-corrected chi connectivity index (χ0v) is 11.4. The Kier molecular flexibility index (Phi) is 2.92. The maximum Gasteiger partial charge on any atom is 0.251 e. The molecule has 19 heavy (non-hydrogen) atoms. The summed E-state index contributed by atoms with van der Waals surface area (Å²) in [7, 11) is 0. The molecule has 0 spiro atoms. The predicted molar refractivity (Wildman–Crippen MR) is 75.3 cm³/mol. The number of hydrogen-bond acceptors (Lipinski definition) is 3. The van der Waals surface area contributed by atoms with Gasteiger partial charge in [0, 0.05) is 16.9 Å². The number of carbonyl (C=O) groups excluding carboxylic acids is 1. The minimum Gasteiger partial charge on any atom is -0.387 e. The van der Waals surface area contributed by atoms with Gasteiger partial charge in [-0.15, -0.1) is 11.3 Å². The first-order chi connectivity index (χ1) is 9.08. The van der Waals surface area contributed by atoms with Crippen molar-refractivity contribution in [3.05, 3.63) is 57.8 Å². The number of benzene rings is 1. The van der Waals surface area contributed by atoms with Gasteiger partial charge < -0.3 is 10.4 Å². The third-order valence-electron chi connectivity index (χ3n) is 3.52. The highest BCUT2D eigenvalue weighted by Gasteiger charge is 2.42.